The zero-order valence-electron chi connectivity index (χ0n) is 15.6. The first kappa shape index (κ1) is 18.6. The fourth-order valence-corrected chi connectivity index (χ4v) is 4.95. The molecule has 2 aliphatic heterocycles. The second-order valence-corrected chi connectivity index (χ2v) is 8.43. The number of fused-ring (bicyclic) bond motifs is 1. The molecular formula is C20H26N4O2S. The molecule has 0 aromatic carbocycles. The molecule has 144 valence electrons. The van der Waals surface area contributed by atoms with E-state index in [4.69, 9.17) is 5.73 Å². The van der Waals surface area contributed by atoms with Crippen molar-refractivity contribution in [2.24, 2.45) is 5.73 Å². The molecule has 2 aliphatic rings. The molecule has 1 amide bonds. The van der Waals surface area contributed by atoms with E-state index in [-0.39, 0.29) is 11.9 Å². The molecule has 0 spiro atoms. The van der Waals surface area contributed by atoms with Gasteiger partial charge in [-0.2, -0.15) is 0 Å². The third kappa shape index (κ3) is 3.78. The van der Waals surface area contributed by atoms with Crippen molar-refractivity contribution in [2.75, 3.05) is 19.6 Å². The van der Waals surface area contributed by atoms with Crippen LogP contribution in [-0.2, 0) is 25.9 Å². The first-order valence-electron chi connectivity index (χ1n) is 9.53. The van der Waals surface area contributed by atoms with Gasteiger partial charge in [-0.1, -0.05) is 13.0 Å². The summed E-state index contributed by atoms with van der Waals surface area (Å²) in [5, 5.41) is 11.8. The zero-order valence-corrected chi connectivity index (χ0v) is 16.4. The largest absolute Gasteiger partial charge is 0.390 e. The van der Waals surface area contributed by atoms with Crippen molar-refractivity contribution in [3.8, 4) is 0 Å². The van der Waals surface area contributed by atoms with Gasteiger partial charge >= 0.3 is 0 Å². The maximum Gasteiger partial charge on any atom is 0.255 e. The van der Waals surface area contributed by atoms with E-state index < -0.39 is 6.10 Å². The summed E-state index contributed by atoms with van der Waals surface area (Å²) in [5.74, 6) is 0.00442. The molecule has 27 heavy (non-hydrogen) atoms. The molecule has 0 unspecified atom stereocenters. The number of thiophene rings is 1. The van der Waals surface area contributed by atoms with Crippen LogP contribution in [0.25, 0.3) is 0 Å². The van der Waals surface area contributed by atoms with Crippen molar-refractivity contribution in [2.45, 2.75) is 45.0 Å². The van der Waals surface area contributed by atoms with Crippen LogP contribution < -0.4 is 5.73 Å². The van der Waals surface area contributed by atoms with Crippen molar-refractivity contribution >= 4 is 17.2 Å². The molecule has 4 heterocycles. The normalized spacial score (nSPS) is 22.9. The Morgan fingerprint density at radius 2 is 2.26 bits per heavy atom. The molecule has 2 aromatic rings. The molecule has 6 nitrogen and oxygen atoms in total. The number of β-amino-alcohol motifs (C(OH)–C–C–N with tert-alkyl or cyclic N) is 1. The molecule has 1 fully saturated rings. The van der Waals surface area contributed by atoms with Crippen LogP contribution in [0.3, 0.4) is 0 Å². The lowest BCUT2D eigenvalue weighted by atomic mass is 10.0. The Kier molecular flexibility index (Phi) is 5.27. The summed E-state index contributed by atoms with van der Waals surface area (Å²) in [5.41, 5.74) is 10.2. The third-order valence-electron chi connectivity index (χ3n) is 5.56. The number of amides is 1. The van der Waals surface area contributed by atoms with E-state index in [9.17, 15) is 9.90 Å². The van der Waals surface area contributed by atoms with Gasteiger partial charge in [-0.3, -0.25) is 14.7 Å². The molecular weight excluding hydrogens is 360 g/mol. The maximum atomic E-state index is 12.8. The second kappa shape index (κ2) is 7.67. The first-order chi connectivity index (χ1) is 13.0. The number of aromatic nitrogens is 1. The van der Waals surface area contributed by atoms with Crippen LogP contribution in [0.15, 0.2) is 23.7 Å². The smallest absolute Gasteiger partial charge is 0.255 e. The van der Waals surface area contributed by atoms with Crippen LogP contribution in [0.1, 0.15) is 39.0 Å². The Morgan fingerprint density at radius 3 is 2.93 bits per heavy atom. The van der Waals surface area contributed by atoms with E-state index >= 15 is 0 Å². The van der Waals surface area contributed by atoms with Gasteiger partial charge in [-0.25, -0.2) is 0 Å². The van der Waals surface area contributed by atoms with Gasteiger partial charge in [0.25, 0.3) is 5.91 Å². The molecule has 0 aliphatic carbocycles. The minimum absolute atomic E-state index is 0.00442. The second-order valence-electron chi connectivity index (χ2n) is 7.46. The molecule has 2 aromatic heterocycles. The van der Waals surface area contributed by atoms with Gasteiger partial charge in [-0.15, -0.1) is 11.3 Å². The fourth-order valence-electron chi connectivity index (χ4n) is 3.83. The van der Waals surface area contributed by atoms with Gasteiger partial charge in [0.15, 0.2) is 0 Å². The Morgan fingerprint density at radius 1 is 1.41 bits per heavy atom. The highest BCUT2D eigenvalue weighted by atomic mass is 32.1. The summed E-state index contributed by atoms with van der Waals surface area (Å²) in [6, 6.07) is 3.92. The Hall–Kier alpha value is -1.80. The van der Waals surface area contributed by atoms with E-state index in [1.807, 2.05) is 11.6 Å². The molecule has 0 radical (unpaired) electrons. The predicted molar refractivity (Wildman–Crippen MR) is 106 cm³/mol. The number of rotatable bonds is 4. The van der Waals surface area contributed by atoms with E-state index in [2.05, 4.69) is 28.9 Å². The average molecular weight is 387 g/mol. The molecule has 0 saturated carbocycles. The van der Waals surface area contributed by atoms with Crippen molar-refractivity contribution in [3.63, 3.8) is 0 Å². The number of carbonyl (C=O) groups is 1. The summed E-state index contributed by atoms with van der Waals surface area (Å²) in [7, 11) is 0. The summed E-state index contributed by atoms with van der Waals surface area (Å²) in [6.07, 6.45) is 3.22. The SMILES string of the molecule is CCc1ccc(CN2CCc3c(C(=O)N4C[C@@H](N)[C@H](O)C4)csc3C2)nc1. The highest BCUT2D eigenvalue weighted by Crippen LogP contribution is 2.30. The summed E-state index contributed by atoms with van der Waals surface area (Å²) in [4.78, 5) is 22.7. The lowest BCUT2D eigenvalue weighted by molar-refractivity contribution is 0.0763. The number of likely N-dealkylation sites (tertiary alicyclic amines) is 1. The van der Waals surface area contributed by atoms with Crippen LogP contribution in [0.5, 0.6) is 0 Å². The van der Waals surface area contributed by atoms with Crippen LogP contribution >= 0.6 is 11.3 Å². The van der Waals surface area contributed by atoms with Crippen LogP contribution in [0.4, 0.5) is 0 Å². The number of nitrogens with two attached hydrogens (primary N) is 1. The Bertz CT molecular complexity index is 810. The lowest BCUT2D eigenvalue weighted by Gasteiger charge is -2.27. The number of pyridine rings is 1. The molecule has 2 atom stereocenters. The molecule has 3 N–H and O–H groups in total. The highest BCUT2D eigenvalue weighted by Gasteiger charge is 2.34. The van der Waals surface area contributed by atoms with E-state index in [0.717, 1.165) is 43.7 Å². The van der Waals surface area contributed by atoms with Gasteiger partial charge < -0.3 is 15.7 Å². The number of aliphatic hydroxyl groups is 1. The molecule has 0 bridgehead atoms. The fraction of sp³-hybridized carbons (Fsp3) is 0.500. The third-order valence-corrected chi connectivity index (χ3v) is 6.57. The quantitative estimate of drug-likeness (QED) is 0.830. The molecule has 7 heteroatoms. The van der Waals surface area contributed by atoms with Gasteiger partial charge in [-0.05, 0) is 30.0 Å². The van der Waals surface area contributed by atoms with Crippen LogP contribution in [0, 0.1) is 0 Å². The van der Waals surface area contributed by atoms with Gasteiger partial charge in [0.2, 0.25) is 0 Å². The summed E-state index contributed by atoms with van der Waals surface area (Å²) >= 11 is 1.66. The van der Waals surface area contributed by atoms with Crippen LogP contribution in [0.2, 0.25) is 0 Å². The first-order valence-corrected chi connectivity index (χ1v) is 10.4. The van der Waals surface area contributed by atoms with Crippen LogP contribution in [-0.4, -0.2) is 57.6 Å². The number of hydrogen-bond donors (Lipinski definition) is 2. The topological polar surface area (TPSA) is 82.7 Å². The van der Waals surface area contributed by atoms with E-state index in [1.54, 1.807) is 16.2 Å². The number of aryl methyl sites for hydroxylation is 1. The van der Waals surface area contributed by atoms with E-state index in [0.29, 0.717) is 13.1 Å². The van der Waals surface area contributed by atoms with Gasteiger partial charge in [0, 0.05) is 55.2 Å². The Balaban J connectivity index is 1.43. The van der Waals surface area contributed by atoms with Crippen molar-refractivity contribution in [1.82, 2.24) is 14.8 Å². The monoisotopic (exact) mass is 386 g/mol. The number of nitrogens with zero attached hydrogens (tertiary/aromatic N) is 3. The zero-order chi connectivity index (χ0) is 19.0. The number of aliphatic hydroxyl groups excluding tert-OH is 1. The summed E-state index contributed by atoms with van der Waals surface area (Å²) < 4.78 is 0. The molecule has 1 saturated heterocycles. The van der Waals surface area contributed by atoms with Crippen molar-refractivity contribution in [1.29, 1.82) is 0 Å². The maximum absolute atomic E-state index is 12.8. The highest BCUT2D eigenvalue weighted by molar-refractivity contribution is 7.10. The Labute approximate surface area is 163 Å². The molecule has 4 rings (SSSR count). The predicted octanol–water partition coefficient (Wildman–Crippen LogP) is 1.41. The minimum Gasteiger partial charge on any atom is -0.390 e. The number of carbonyl (C=O) groups excluding carboxylic acids is 1. The standard InChI is InChI=1S/C20H26N4O2S/c1-2-13-3-4-14(22-7-13)8-23-6-5-15-16(12-27-19(15)11-23)20(26)24-9-17(21)18(25)10-24/h3-4,7,12,17-18,25H,2,5-6,8-11,21H2,1H3/t17-,18-/m1/s1. The van der Waals surface area contributed by atoms with E-state index in [1.165, 1.54) is 16.0 Å². The summed E-state index contributed by atoms with van der Waals surface area (Å²) in [6.45, 7) is 5.50. The van der Waals surface area contributed by atoms with Gasteiger partial charge in [0.1, 0.15) is 0 Å². The van der Waals surface area contributed by atoms with Gasteiger partial charge in [0.05, 0.1) is 17.4 Å². The number of hydrogen-bond acceptors (Lipinski definition) is 6. The minimum atomic E-state index is -0.620. The van der Waals surface area contributed by atoms with Crippen molar-refractivity contribution in [3.05, 3.63) is 51.0 Å². The lowest BCUT2D eigenvalue weighted by Crippen LogP contribution is -2.34. The average Bonchev–Trinajstić information content (AvgIpc) is 3.25. The van der Waals surface area contributed by atoms with Crippen molar-refractivity contribution < 1.29 is 9.90 Å².